The number of ketones is 1. The van der Waals surface area contributed by atoms with Gasteiger partial charge in [0, 0.05) is 27.6 Å². The Hall–Kier alpha value is -3.91. The van der Waals surface area contributed by atoms with Crippen LogP contribution in [0.25, 0.3) is 16.5 Å². The van der Waals surface area contributed by atoms with Gasteiger partial charge in [0.2, 0.25) is 0 Å². The SMILES string of the molecule is COC(=O)c1ccc(-c2cc(C=CC(=O)c3ccc(C(=O)O)cc3)c(OC)cc2OC)s1. The molecule has 0 saturated carbocycles. The fraction of sp³-hybridized carbons (Fsp3) is 0.125. The van der Waals surface area contributed by atoms with Gasteiger partial charge in [0.05, 0.1) is 26.9 Å². The highest BCUT2D eigenvalue weighted by Crippen LogP contribution is 2.40. The van der Waals surface area contributed by atoms with Gasteiger partial charge in [-0.15, -0.1) is 11.3 Å². The first-order valence-corrected chi connectivity index (χ1v) is 10.2. The number of carbonyl (C=O) groups is 3. The van der Waals surface area contributed by atoms with Crippen molar-refractivity contribution in [2.75, 3.05) is 21.3 Å². The summed E-state index contributed by atoms with van der Waals surface area (Å²) in [7, 11) is 4.37. The van der Waals surface area contributed by atoms with Gasteiger partial charge in [0.15, 0.2) is 5.78 Å². The maximum Gasteiger partial charge on any atom is 0.348 e. The summed E-state index contributed by atoms with van der Waals surface area (Å²) in [4.78, 5) is 36.6. The summed E-state index contributed by atoms with van der Waals surface area (Å²) in [6.45, 7) is 0. The van der Waals surface area contributed by atoms with Crippen molar-refractivity contribution in [2.45, 2.75) is 0 Å². The van der Waals surface area contributed by atoms with E-state index in [2.05, 4.69) is 0 Å². The maximum absolute atomic E-state index is 12.5. The first-order chi connectivity index (χ1) is 15.4. The number of carboxylic acids is 1. The summed E-state index contributed by atoms with van der Waals surface area (Å²) < 4.78 is 15.7. The van der Waals surface area contributed by atoms with Crippen molar-refractivity contribution in [3.05, 3.63) is 76.2 Å². The highest BCUT2D eigenvalue weighted by molar-refractivity contribution is 7.17. The molecular weight excluding hydrogens is 432 g/mol. The molecule has 0 spiro atoms. The molecule has 3 aromatic rings. The van der Waals surface area contributed by atoms with Crippen LogP contribution >= 0.6 is 11.3 Å². The van der Waals surface area contributed by atoms with Crippen LogP contribution in [0.1, 0.15) is 36.0 Å². The number of thiophene rings is 1. The summed E-state index contributed by atoms with van der Waals surface area (Å²) >= 11 is 1.26. The van der Waals surface area contributed by atoms with Gasteiger partial charge in [-0.1, -0.05) is 12.1 Å². The smallest absolute Gasteiger partial charge is 0.348 e. The Kier molecular flexibility index (Phi) is 7.07. The first-order valence-electron chi connectivity index (χ1n) is 9.38. The third kappa shape index (κ3) is 4.87. The van der Waals surface area contributed by atoms with E-state index in [4.69, 9.17) is 19.3 Å². The molecule has 164 valence electrons. The number of methoxy groups -OCH3 is 3. The Morgan fingerprint density at radius 2 is 1.53 bits per heavy atom. The topological polar surface area (TPSA) is 99.1 Å². The molecule has 0 aliphatic carbocycles. The quantitative estimate of drug-likeness (QED) is 0.297. The van der Waals surface area contributed by atoms with E-state index in [1.54, 1.807) is 24.3 Å². The van der Waals surface area contributed by atoms with Crippen molar-refractivity contribution in [1.82, 2.24) is 0 Å². The number of carbonyl (C=O) groups excluding carboxylic acids is 2. The molecule has 3 rings (SSSR count). The van der Waals surface area contributed by atoms with Crippen LogP contribution in [0.4, 0.5) is 0 Å². The molecule has 0 atom stereocenters. The minimum Gasteiger partial charge on any atom is -0.496 e. The molecule has 8 heteroatoms. The third-order valence-electron chi connectivity index (χ3n) is 4.64. The molecule has 0 saturated heterocycles. The largest absolute Gasteiger partial charge is 0.496 e. The first kappa shape index (κ1) is 22.8. The average Bonchev–Trinajstić information content (AvgIpc) is 3.31. The normalized spacial score (nSPS) is 10.7. The number of hydrogen-bond donors (Lipinski definition) is 1. The number of rotatable bonds is 8. The standard InChI is InChI=1S/C24H20O7S/c1-29-19-13-20(30-2)17(21-10-11-22(32-21)24(28)31-3)12-16(19)8-9-18(25)14-4-6-15(7-5-14)23(26)27/h4-13H,1-3H3,(H,26,27). The fourth-order valence-electron chi connectivity index (χ4n) is 2.98. The highest BCUT2D eigenvalue weighted by atomic mass is 32.1. The molecule has 32 heavy (non-hydrogen) atoms. The van der Waals surface area contributed by atoms with Crippen LogP contribution in [0.15, 0.2) is 54.6 Å². The van der Waals surface area contributed by atoms with E-state index in [9.17, 15) is 14.4 Å². The van der Waals surface area contributed by atoms with Gasteiger partial charge in [-0.2, -0.15) is 0 Å². The molecular formula is C24H20O7S. The Bertz CT molecular complexity index is 1190. The Morgan fingerprint density at radius 1 is 0.875 bits per heavy atom. The second-order valence-corrected chi connectivity index (χ2v) is 7.61. The van der Waals surface area contributed by atoms with Crippen molar-refractivity contribution in [2.24, 2.45) is 0 Å². The second-order valence-electron chi connectivity index (χ2n) is 6.53. The lowest BCUT2D eigenvalue weighted by molar-refractivity contribution is 0.0605. The molecule has 0 fully saturated rings. The third-order valence-corrected chi connectivity index (χ3v) is 5.74. The van der Waals surface area contributed by atoms with Gasteiger partial charge < -0.3 is 19.3 Å². The van der Waals surface area contributed by atoms with E-state index < -0.39 is 11.9 Å². The number of hydrogen-bond acceptors (Lipinski definition) is 7. The number of benzene rings is 2. The molecule has 0 aliphatic heterocycles. The molecule has 1 aromatic heterocycles. The zero-order valence-electron chi connectivity index (χ0n) is 17.6. The van der Waals surface area contributed by atoms with Crippen LogP contribution in [-0.4, -0.2) is 44.2 Å². The summed E-state index contributed by atoms with van der Waals surface area (Å²) in [5.74, 6) is -0.716. The van der Waals surface area contributed by atoms with Gasteiger partial charge in [0.1, 0.15) is 16.4 Å². The zero-order chi connectivity index (χ0) is 23.3. The molecule has 7 nitrogen and oxygen atoms in total. The number of allylic oxidation sites excluding steroid dienone is 1. The summed E-state index contributed by atoms with van der Waals surface area (Å²) in [6, 6.07) is 12.7. The minimum absolute atomic E-state index is 0.106. The van der Waals surface area contributed by atoms with E-state index >= 15 is 0 Å². The van der Waals surface area contributed by atoms with Gasteiger partial charge in [-0.05, 0) is 42.5 Å². The molecule has 1 N–H and O–H groups in total. The molecule has 1 heterocycles. The molecule has 0 aliphatic rings. The van der Waals surface area contributed by atoms with Crippen molar-refractivity contribution in [3.63, 3.8) is 0 Å². The van der Waals surface area contributed by atoms with Crippen LogP contribution < -0.4 is 9.47 Å². The minimum atomic E-state index is -1.06. The number of esters is 1. The predicted octanol–water partition coefficient (Wildman–Crippen LogP) is 4.81. The summed E-state index contributed by atoms with van der Waals surface area (Å²) in [6.07, 6.45) is 3.00. The molecule has 0 amide bonds. The maximum atomic E-state index is 12.5. The zero-order valence-corrected chi connectivity index (χ0v) is 18.4. The predicted molar refractivity (Wildman–Crippen MR) is 121 cm³/mol. The Labute approximate surface area is 188 Å². The van der Waals surface area contributed by atoms with Crippen LogP contribution in [0.3, 0.4) is 0 Å². The summed E-state index contributed by atoms with van der Waals surface area (Å²) in [5, 5.41) is 8.98. The van der Waals surface area contributed by atoms with Gasteiger partial charge in [-0.3, -0.25) is 4.79 Å². The lowest BCUT2D eigenvalue weighted by Gasteiger charge is -2.12. The average molecular weight is 452 g/mol. The molecule has 2 aromatic carbocycles. The van der Waals surface area contributed by atoms with E-state index in [1.165, 1.54) is 63.0 Å². The molecule has 0 bridgehead atoms. The highest BCUT2D eigenvalue weighted by Gasteiger charge is 2.16. The van der Waals surface area contributed by atoms with Crippen molar-refractivity contribution in [1.29, 1.82) is 0 Å². The van der Waals surface area contributed by atoms with Crippen molar-refractivity contribution in [3.8, 4) is 21.9 Å². The molecule has 0 unspecified atom stereocenters. The van der Waals surface area contributed by atoms with E-state index in [0.29, 0.717) is 27.5 Å². The van der Waals surface area contributed by atoms with Crippen LogP contribution in [0, 0.1) is 0 Å². The Balaban J connectivity index is 1.95. The lowest BCUT2D eigenvalue weighted by atomic mass is 10.0. The lowest BCUT2D eigenvalue weighted by Crippen LogP contribution is -1.99. The van der Waals surface area contributed by atoms with E-state index in [0.717, 1.165) is 10.4 Å². The summed E-state index contributed by atoms with van der Waals surface area (Å²) in [5.41, 5.74) is 1.83. The van der Waals surface area contributed by atoms with Gasteiger partial charge in [0.25, 0.3) is 0 Å². The second kappa shape index (κ2) is 9.93. The number of ether oxygens (including phenoxy) is 3. The number of carboxylic acid groups (broad SMARTS) is 1. The van der Waals surface area contributed by atoms with Crippen LogP contribution in [0.2, 0.25) is 0 Å². The molecule has 0 radical (unpaired) electrons. The van der Waals surface area contributed by atoms with E-state index in [-0.39, 0.29) is 11.3 Å². The Morgan fingerprint density at radius 3 is 2.12 bits per heavy atom. The van der Waals surface area contributed by atoms with Gasteiger partial charge >= 0.3 is 11.9 Å². The van der Waals surface area contributed by atoms with E-state index in [1.807, 2.05) is 6.07 Å². The van der Waals surface area contributed by atoms with Crippen LogP contribution in [0.5, 0.6) is 11.5 Å². The fourth-order valence-corrected chi connectivity index (χ4v) is 3.92. The monoisotopic (exact) mass is 452 g/mol. The van der Waals surface area contributed by atoms with Gasteiger partial charge in [-0.25, -0.2) is 9.59 Å². The van der Waals surface area contributed by atoms with Crippen molar-refractivity contribution >= 4 is 35.1 Å². The van der Waals surface area contributed by atoms with Crippen LogP contribution in [-0.2, 0) is 4.74 Å². The number of aromatic carboxylic acids is 1. The van der Waals surface area contributed by atoms with Crippen molar-refractivity contribution < 1.29 is 33.7 Å².